The molecule has 0 radical (unpaired) electrons. The summed E-state index contributed by atoms with van der Waals surface area (Å²) in [5, 5.41) is 3.09. The summed E-state index contributed by atoms with van der Waals surface area (Å²) in [6.45, 7) is 7.87. The van der Waals surface area contributed by atoms with Crippen LogP contribution < -0.4 is 5.32 Å². The molecule has 2 unspecified atom stereocenters. The maximum absolute atomic E-state index is 13.0. The van der Waals surface area contributed by atoms with Gasteiger partial charge in [-0.1, -0.05) is 48.5 Å². The van der Waals surface area contributed by atoms with E-state index in [0.29, 0.717) is 26.1 Å². The van der Waals surface area contributed by atoms with Crippen LogP contribution in [0.15, 0.2) is 54.6 Å². The molecule has 0 aliphatic carbocycles. The second-order valence-corrected chi connectivity index (χ2v) is 9.33. The topological polar surface area (TPSA) is 61.9 Å². The van der Waals surface area contributed by atoms with Crippen molar-refractivity contribution < 1.29 is 14.3 Å². The molecule has 2 aliphatic rings. The summed E-state index contributed by atoms with van der Waals surface area (Å²) >= 11 is 0. The first-order valence-corrected chi connectivity index (χ1v) is 12.1. The molecule has 2 aromatic carbocycles. The SMILES string of the molecule is CC1CN(C(=O)C2CCN(CCC(=O)Nc3ccccc3-c3ccccc3)CC2)CC(C)O1. The molecule has 0 spiro atoms. The van der Waals surface area contributed by atoms with Gasteiger partial charge >= 0.3 is 0 Å². The number of nitrogens with one attached hydrogen (secondary N) is 1. The zero-order valence-corrected chi connectivity index (χ0v) is 19.7. The summed E-state index contributed by atoms with van der Waals surface area (Å²) in [6.07, 6.45) is 2.36. The van der Waals surface area contributed by atoms with Gasteiger partial charge in [0.1, 0.15) is 0 Å². The Morgan fingerprint density at radius 3 is 2.27 bits per heavy atom. The molecule has 2 atom stereocenters. The number of likely N-dealkylation sites (tertiary alicyclic amines) is 1. The van der Waals surface area contributed by atoms with E-state index in [1.165, 1.54) is 0 Å². The molecular formula is C27H35N3O3. The van der Waals surface area contributed by atoms with Gasteiger partial charge in [0, 0.05) is 43.2 Å². The normalized spacial score (nSPS) is 22.2. The molecule has 6 nitrogen and oxygen atoms in total. The highest BCUT2D eigenvalue weighted by atomic mass is 16.5. The Balaban J connectivity index is 1.24. The van der Waals surface area contributed by atoms with Gasteiger partial charge in [-0.25, -0.2) is 0 Å². The number of hydrogen-bond acceptors (Lipinski definition) is 4. The minimum atomic E-state index is 0.0212. The summed E-state index contributed by atoms with van der Waals surface area (Å²) in [7, 11) is 0. The Hall–Kier alpha value is -2.70. The van der Waals surface area contributed by atoms with Crippen LogP contribution in [-0.4, -0.2) is 66.5 Å². The summed E-state index contributed by atoms with van der Waals surface area (Å²) < 4.78 is 5.76. The minimum Gasteiger partial charge on any atom is -0.372 e. The number of carbonyl (C=O) groups is 2. The van der Waals surface area contributed by atoms with Crippen molar-refractivity contribution >= 4 is 17.5 Å². The van der Waals surface area contributed by atoms with Gasteiger partial charge in [-0.05, 0) is 51.4 Å². The molecule has 0 aromatic heterocycles. The lowest BCUT2D eigenvalue weighted by atomic mass is 9.94. The Morgan fingerprint density at radius 2 is 1.58 bits per heavy atom. The van der Waals surface area contributed by atoms with Gasteiger partial charge in [-0.15, -0.1) is 0 Å². The lowest BCUT2D eigenvalue weighted by Crippen LogP contribution is -2.51. The Morgan fingerprint density at radius 1 is 0.939 bits per heavy atom. The second-order valence-electron chi connectivity index (χ2n) is 9.33. The maximum Gasteiger partial charge on any atom is 0.225 e. The molecule has 6 heteroatoms. The number of rotatable bonds is 6. The van der Waals surface area contributed by atoms with Crippen molar-refractivity contribution in [3.05, 3.63) is 54.6 Å². The van der Waals surface area contributed by atoms with Crippen molar-refractivity contribution in [2.45, 2.75) is 45.3 Å². The average Bonchev–Trinajstić information content (AvgIpc) is 2.83. The number of para-hydroxylation sites is 1. The molecule has 2 aromatic rings. The Kier molecular flexibility index (Phi) is 7.78. The minimum absolute atomic E-state index is 0.0212. The number of piperidine rings is 1. The first-order chi connectivity index (χ1) is 16.0. The van der Waals surface area contributed by atoms with Crippen LogP contribution in [0.4, 0.5) is 5.69 Å². The van der Waals surface area contributed by atoms with E-state index in [0.717, 1.165) is 42.7 Å². The zero-order valence-electron chi connectivity index (χ0n) is 19.7. The predicted molar refractivity (Wildman–Crippen MR) is 131 cm³/mol. The first kappa shape index (κ1) is 23.5. The van der Waals surface area contributed by atoms with Crippen LogP contribution in [0.5, 0.6) is 0 Å². The number of morpholine rings is 1. The number of anilines is 1. The highest BCUT2D eigenvalue weighted by Crippen LogP contribution is 2.28. The average molecular weight is 450 g/mol. The Bertz CT molecular complexity index is 931. The van der Waals surface area contributed by atoms with Crippen molar-refractivity contribution in [2.75, 3.05) is 38.0 Å². The van der Waals surface area contributed by atoms with E-state index in [1.54, 1.807) is 0 Å². The molecule has 2 saturated heterocycles. The lowest BCUT2D eigenvalue weighted by molar-refractivity contribution is -0.149. The maximum atomic E-state index is 13.0. The monoisotopic (exact) mass is 449 g/mol. The number of nitrogens with zero attached hydrogens (tertiary/aromatic N) is 2. The molecule has 2 amide bonds. The van der Waals surface area contributed by atoms with Crippen molar-refractivity contribution in [2.24, 2.45) is 5.92 Å². The van der Waals surface area contributed by atoms with Gasteiger partial charge < -0.3 is 19.9 Å². The number of benzene rings is 2. The molecule has 2 aliphatic heterocycles. The van der Waals surface area contributed by atoms with Crippen LogP contribution in [0.1, 0.15) is 33.1 Å². The number of ether oxygens (including phenoxy) is 1. The smallest absolute Gasteiger partial charge is 0.225 e. The number of amides is 2. The van der Waals surface area contributed by atoms with Crippen molar-refractivity contribution in [3.63, 3.8) is 0 Å². The van der Waals surface area contributed by atoms with E-state index in [-0.39, 0.29) is 29.9 Å². The highest BCUT2D eigenvalue weighted by Gasteiger charge is 2.32. The molecule has 0 saturated carbocycles. The van der Waals surface area contributed by atoms with Crippen LogP contribution in [0, 0.1) is 5.92 Å². The standard InChI is InChI=1S/C27H35N3O3/c1-20-18-30(19-21(2)33-20)27(32)23-12-15-29(16-13-23)17-14-26(31)28-25-11-7-6-10-24(25)22-8-4-3-5-9-22/h3-11,20-21,23H,12-19H2,1-2H3,(H,28,31). The van der Waals surface area contributed by atoms with E-state index in [4.69, 9.17) is 4.74 Å². The summed E-state index contributed by atoms with van der Waals surface area (Å²) in [5.41, 5.74) is 2.95. The fourth-order valence-corrected chi connectivity index (χ4v) is 4.95. The largest absolute Gasteiger partial charge is 0.372 e. The number of hydrogen-bond donors (Lipinski definition) is 1. The predicted octanol–water partition coefficient (Wildman–Crippen LogP) is 4.03. The van der Waals surface area contributed by atoms with Gasteiger partial charge in [0.15, 0.2) is 0 Å². The molecule has 176 valence electrons. The van der Waals surface area contributed by atoms with Crippen molar-refractivity contribution in [1.82, 2.24) is 9.80 Å². The molecule has 0 bridgehead atoms. The van der Waals surface area contributed by atoms with Crippen LogP contribution in [0.25, 0.3) is 11.1 Å². The van der Waals surface area contributed by atoms with Gasteiger partial charge in [-0.3, -0.25) is 9.59 Å². The van der Waals surface area contributed by atoms with E-state index >= 15 is 0 Å². The lowest BCUT2D eigenvalue weighted by Gasteiger charge is -2.39. The van der Waals surface area contributed by atoms with Gasteiger partial charge in [0.25, 0.3) is 0 Å². The highest BCUT2D eigenvalue weighted by molar-refractivity contribution is 5.95. The second kappa shape index (κ2) is 10.9. The summed E-state index contributed by atoms with van der Waals surface area (Å²) in [5.74, 6) is 0.380. The van der Waals surface area contributed by atoms with Crippen LogP contribution in [0.2, 0.25) is 0 Å². The van der Waals surface area contributed by atoms with E-state index < -0.39 is 0 Å². The third-order valence-corrected chi connectivity index (χ3v) is 6.61. The summed E-state index contributed by atoms with van der Waals surface area (Å²) in [6, 6.07) is 18.0. The third-order valence-electron chi connectivity index (χ3n) is 6.61. The molecule has 2 heterocycles. The zero-order chi connectivity index (χ0) is 23.2. The van der Waals surface area contributed by atoms with Crippen molar-refractivity contribution in [1.29, 1.82) is 0 Å². The van der Waals surface area contributed by atoms with Crippen LogP contribution in [-0.2, 0) is 14.3 Å². The quantitative estimate of drug-likeness (QED) is 0.723. The van der Waals surface area contributed by atoms with Crippen molar-refractivity contribution in [3.8, 4) is 11.1 Å². The molecule has 4 rings (SSSR count). The van der Waals surface area contributed by atoms with Gasteiger partial charge in [0.05, 0.1) is 12.2 Å². The van der Waals surface area contributed by atoms with Gasteiger partial charge in [0.2, 0.25) is 11.8 Å². The Labute approximate surface area is 196 Å². The molecule has 33 heavy (non-hydrogen) atoms. The first-order valence-electron chi connectivity index (χ1n) is 12.1. The fraction of sp³-hybridized carbons (Fsp3) is 0.481. The third kappa shape index (κ3) is 6.21. The molecule has 1 N–H and O–H groups in total. The number of carbonyl (C=O) groups excluding carboxylic acids is 2. The van der Waals surface area contributed by atoms with Crippen LogP contribution >= 0.6 is 0 Å². The fourth-order valence-electron chi connectivity index (χ4n) is 4.95. The van der Waals surface area contributed by atoms with Gasteiger partial charge in [-0.2, -0.15) is 0 Å². The molecular weight excluding hydrogens is 414 g/mol. The van der Waals surface area contributed by atoms with Crippen LogP contribution in [0.3, 0.4) is 0 Å². The van der Waals surface area contributed by atoms with E-state index in [9.17, 15) is 9.59 Å². The summed E-state index contributed by atoms with van der Waals surface area (Å²) in [4.78, 5) is 29.9. The molecule has 2 fully saturated rings. The van der Waals surface area contributed by atoms with E-state index in [1.807, 2.05) is 61.2 Å². The van der Waals surface area contributed by atoms with E-state index in [2.05, 4.69) is 22.3 Å².